The quantitative estimate of drug-likeness (QED) is 0.822. The highest BCUT2D eigenvalue weighted by Gasteiger charge is 2.23. The minimum atomic E-state index is -0.750. The summed E-state index contributed by atoms with van der Waals surface area (Å²) in [4.78, 5) is 26.8. The van der Waals surface area contributed by atoms with Crippen LogP contribution in [0.5, 0.6) is 0 Å². The van der Waals surface area contributed by atoms with Crippen LogP contribution in [0.3, 0.4) is 0 Å². The smallest absolute Gasteiger partial charge is 0.256 e. The van der Waals surface area contributed by atoms with Crippen LogP contribution in [-0.4, -0.2) is 29.8 Å². The van der Waals surface area contributed by atoms with Crippen molar-refractivity contribution in [2.45, 2.75) is 19.8 Å². The molecule has 1 aliphatic rings. The van der Waals surface area contributed by atoms with Gasteiger partial charge in [-0.2, -0.15) is 0 Å². The van der Waals surface area contributed by atoms with Gasteiger partial charge in [-0.1, -0.05) is 18.2 Å². The maximum absolute atomic E-state index is 13.7. The van der Waals surface area contributed by atoms with E-state index in [2.05, 4.69) is 5.32 Å². The van der Waals surface area contributed by atoms with Crippen LogP contribution in [0.25, 0.3) is 6.08 Å². The van der Waals surface area contributed by atoms with Crippen LogP contribution in [0.4, 0.5) is 14.5 Å². The van der Waals surface area contributed by atoms with E-state index in [1.807, 2.05) is 13.0 Å². The van der Waals surface area contributed by atoms with Gasteiger partial charge in [-0.25, -0.2) is 8.78 Å². The Bertz CT molecular complexity index is 883. The zero-order valence-electron chi connectivity index (χ0n) is 15.0. The van der Waals surface area contributed by atoms with Gasteiger partial charge in [0, 0.05) is 24.7 Å². The largest absolute Gasteiger partial charge is 0.339 e. The van der Waals surface area contributed by atoms with Gasteiger partial charge in [0.05, 0.1) is 11.3 Å². The molecule has 0 atom stereocenters. The van der Waals surface area contributed by atoms with Gasteiger partial charge >= 0.3 is 0 Å². The number of likely N-dealkylation sites (tertiary alicyclic amines) is 1. The van der Waals surface area contributed by atoms with Crippen LogP contribution in [0.15, 0.2) is 42.5 Å². The van der Waals surface area contributed by atoms with Crippen LogP contribution in [0.2, 0.25) is 0 Å². The van der Waals surface area contributed by atoms with Crippen molar-refractivity contribution in [3.8, 4) is 0 Å². The van der Waals surface area contributed by atoms with Crippen LogP contribution in [0.1, 0.15) is 34.3 Å². The predicted octanol–water partition coefficient (Wildman–Crippen LogP) is 4.16. The molecule has 6 heteroatoms. The maximum atomic E-state index is 13.7. The third-order valence-corrected chi connectivity index (χ3v) is 4.54. The molecule has 2 aromatic carbocycles. The molecule has 1 aliphatic heterocycles. The monoisotopic (exact) mass is 370 g/mol. The summed E-state index contributed by atoms with van der Waals surface area (Å²) in [5.41, 5.74) is 1.30. The summed E-state index contributed by atoms with van der Waals surface area (Å²) in [7, 11) is 0. The molecule has 2 aromatic rings. The van der Waals surface area contributed by atoms with Gasteiger partial charge in [-0.3, -0.25) is 9.59 Å². The summed E-state index contributed by atoms with van der Waals surface area (Å²) in [5.74, 6) is -2.19. The second kappa shape index (κ2) is 8.12. The summed E-state index contributed by atoms with van der Waals surface area (Å²) < 4.78 is 27.3. The van der Waals surface area contributed by atoms with Crippen molar-refractivity contribution in [2.24, 2.45) is 0 Å². The summed E-state index contributed by atoms with van der Waals surface area (Å²) in [6, 6.07) is 8.69. The van der Waals surface area contributed by atoms with Crippen molar-refractivity contribution in [1.82, 2.24) is 4.90 Å². The average molecular weight is 370 g/mol. The summed E-state index contributed by atoms with van der Waals surface area (Å²) in [6.07, 6.45) is 4.07. The molecule has 0 radical (unpaired) electrons. The van der Waals surface area contributed by atoms with E-state index in [1.54, 1.807) is 17.0 Å². The molecule has 1 fully saturated rings. The lowest BCUT2D eigenvalue weighted by atomic mass is 10.0. The van der Waals surface area contributed by atoms with E-state index in [4.69, 9.17) is 0 Å². The summed E-state index contributed by atoms with van der Waals surface area (Å²) in [5, 5.41) is 2.65. The zero-order valence-corrected chi connectivity index (χ0v) is 15.0. The lowest BCUT2D eigenvalue weighted by molar-refractivity contribution is -0.111. The molecule has 0 bridgehead atoms. The van der Waals surface area contributed by atoms with Gasteiger partial charge in [0.15, 0.2) is 0 Å². The van der Waals surface area contributed by atoms with Gasteiger partial charge in [0.2, 0.25) is 5.91 Å². The van der Waals surface area contributed by atoms with Crippen LogP contribution in [0, 0.1) is 18.6 Å². The Balaban J connectivity index is 1.81. The number of carbonyl (C=O) groups excluding carboxylic acids is 2. The first-order valence-corrected chi connectivity index (χ1v) is 8.79. The van der Waals surface area contributed by atoms with Crippen molar-refractivity contribution in [1.29, 1.82) is 0 Å². The number of aryl methyl sites for hydroxylation is 1. The van der Waals surface area contributed by atoms with Gasteiger partial charge in [0.1, 0.15) is 11.6 Å². The van der Waals surface area contributed by atoms with Crippen molar-refractivity contribution in [3.05, 3.63) is 70.8 Å². The maximum Gasteiger partial charge on any atom is 0.256 e. The number of hydrogen-bond donors (Lipinski definition) is 1. The zero-order chi connectivity index (χ0) is 19.4. The standard InChI is InChI=1S/C21H20F2N2O2/c1-14-6-4-9-18(20(14)21(27)25-12-2-3-13-25)24-19(26)11-10-15-16(22)7-5-8-17(15)23/h4-11H,2-3,12-13H2,1H3,(H,24,26)/b11-10-. The topological polar surface area (TPSA) is 49.4 Å². The number of nitrogens with one attached hydrogen (secondary N) is 1. The second-order valence-electron chi connectivity index (χ2n) is 6.45. The number of benzene rings is 2. The Morgan fingerprint density at radius 1 is 1.04 bits per heavy atom. The van der Waals surface area contributed by atoms with E-state index in [9.17, 15) is 18.4 Å². The lowest BCUT2D eigenvalue weighted by Crippen LogP contribution is -2.29. The number of hydrogen-bond acceptors (Lipinski definition) is 2. The number of amides is 2. The van der Waals surface area contributed by atoms with Crippen molar-refractivity contribution >= 4 is 23.6 Å². The first-order chi connectivity index (χ1) is 13.0. The molecule has 1 N–H and O–H groups in total. The fourth-order valence-corrected chi connectivity index (χ4v) is 3.14. The van der Waals surface area contributed by atoms with Crippen molar-refractivity contribution < 1.29 is 18.4 Å². The highest BCUT2D eigenvalue weighted by molar-refractivity contribution is 6.08. The summed E-state index contributed by atoms with van der Waals surface area (Å²) >= 11 is 0. The van der Waals surface area contributed by atoms with Crippen molar-refractivity contribution in [2.75, 3.05) is 18.4 Å². The Hall–Kier alpha value is -3.02. The molecule has 0 spiro atoms. The Labute approximate surface area is 156 Å². The van der Waals surface area contributed by atoms with E-state index < -0.39 is 17.5 Å². The van der Waals surface area contributed by atoms with E-state index in [0.717, 1.165) is 42.7 Å². The Morgan fingerprint density at radius 2 is 1.67 bits per heavy atom. The highest BCUT2D eigenvalue weighted by Crippen LogP contribution is 2.24. The van der Waals surface area contributed by atoms with Gasteiger partial charge in [-0.05, 0) is 49.6 Å². The number of nitrogens with zero attached hydrogens (tertiary/aromatic N) is 1. The number of anilines is 1. The molecule has 0 aliphatic carbocycles. The molecule has 2 amide bonds. The van der Waals surface area contributed by atoms with E-state index >= 15 is 0 Å². The van der Waals surface area contributed by atoms with E-state index in [0.29, 0.717) is 24.3 Å². The van der Waals surface area contributed by atoms with E-state index in [-0.39, 0.29) is 11.5 Å². The molecule has 0 unspecified atom stereocenters. The Kier molecular flexibility index (Phi) is 5.64. The van der Waals surface area contributed by atoms with Crippen molar-refractivity contribution in [3.63, 3.8) is 0 Å². The first-order valence-electron chi connectivity index (χ1n) is 8.79. The van der Waals surface area contributed by atoms with Gasteiger partial charge in [-0.15, -0.1) is 0 Å². The molecule has 4 nitrogen and oxygen atoms in total. The third kappa shape index (κ3) is 4.22. The average Bonchev–Trinajstić information content (AvgIpc) is 3.16. The number of rotatable bonds is 4. The predicted molar refractivity (Wildman–Crippen MR) is 100 cm³/mol. The second-order valence-corrected chi connectivity index (χ2v) is 6.45. The third-order valence-electron chi connectivity index (χ3n) is 4.54. The Morgan fingerprint density at radius 3 is 2.33 bits per heavy atom. The first kappa shape index (κ1) is 18.8. The molecular weight excluding hydrogens is 350 g/mol. The van der Waals surface area contributed by atoms with Crippen LogP contribution in [-0.2, 0) is 4.79 Å². The molecular formula is C21H20F2N2O2. The minimum absolute atomic E-state index is 0.120. The van der Waals surface area contributed by atoms with E-state index in [1.165, 1.54) is 6.07 Å². The molecule has 27 heavy (non-hydrogen) atoms. The van der Waals surface area contributed by atoms with Crippen LogP contribution >= 0.6 is 0 Å². The minimum Gasteiger partial charge on any atom is -0.339 e. The van der Waals surface area contributed by atoms with Gasteiger partial charge in [0.25, 0.3) is 5.91 Å². The fourth-order valence-electron chi connectivity index (χ4n) is 3.14. The molecule has 140 valence electrons. The summed E-state index contributed by atoms with van der Waals surface area (Å²) in [6.45, 7) is 3.21. The SMILES string of the molecule is Cc1cccc(NC(=O)/C=C\c2c(F)cccc2F)c1C(=O)N1CCCC1. The molecule has 3 rings (SSSR count). The highest BCUT2D eigenvalue weighted by atomic mass is 19.1. The normalized spacial score (nSPS) is 14.0. The van der Waals surface area contributed by atoms with Crippen LogP contribution < -0.4 is 5.32 Å². The fraction of sp³-hybridized carbons (Fsp3) is 0.238. The lowest BCUT2D eigenvalue weighted by Gasteiger charge is -2.19. The number of halogens is 2. The molecule has 1 heterocycles. The molecule has 1 saturated heterocycles. The molecule has 0 aromatic heterocycles. The van der Waals surface area contributed by atoms with Gasteiger partial charge < -0.3 is 10.2 Å². The number of carbonyl (C=O) groups is 2. The molecule has 0 saturated carbocycles.